The van der Waals surface area contributed by atoms with Gasteiger partial charge in [-0.2, -0.15) is 0 Å². The lowest BCUT2D eigenvalue weighted by atomic mass is 9.84. The zero-order valence-electron chi connectivity index (χ0n) is 11.6. The van der Waals surface area contributed by atoms with E-state index in [0.29, 0.717) is 24.8 Å². The number of nitrogens with one attached hydrogen (secondary N) is 2. The van der Waals surface area contributed by atoms with E-state index in [4.69, 9.17) is 0 Å². The fourth-order valence-electron chi connectivity index (χ4n) is 2.65. The van der Waals surface area contributed by atoms with Crippen molar-refractivity contribution >= 4 is 5.91 Å². The molecule has 1 aliphatic rings. The second kappa shape index (κ2) is 7.24. The van der Waals surface area contributed by atoms with Gasteiger partial charge in [-0.25, -0.2) is 0 Å². The molecule has 1 amide bonds. The summed E-state index contributed by atoms with van der Waals surface area (Å²) in [5, 5.41) is 6.34. The summed E-state index contributed by atoms with van der Waals surface area (Å²) in [6.07, 6.45) is 6.54. The van der Waals surface area contributed by atoms with Crippen LogP contribution in [0.3, 0.4) is 0 Å². The first-order valence-corrected chi connectivity index (χ1v) is 7.12. The molecular weight excluding hydrogens is 238 g/mol. The second-order valence-electron chi connectivity index (χ2n) is 5.41. The lowest BCUT2D eigenvalue weighted by molar-refractivity contribution is -0.122. The van der Waals surface area contributed by atoms with Crippen LogP contribution in [-0.2, 0) is 11.3 Å². The Bertz CT molecular complexity index is 388. The lowest BCUT2D eigenvalue weighted by Gasteiger charge is -2.27. The lowest BCUT2D eigenvalue weighted by Crippen LogP contribution is -2.33. The number of carbonyl (C=O) groups excluding carboxylic acids is 1. The number of amides is 1. The SMILES string of the molecule is CC(CC(=O)NCc1cccnc1)C1CCNCC1. The van der Waals surface area contributed by atoms with Crippen molar-refractivity contribution in [3.63, 3.8) is 0 Å². The van der Waals surface area contributed by atoms with Crippen LogP contribution in [0.4, 0.5) is 0 Å². The van der Waals surface area contributed by atoms with Gasteiger partial charge in [-0.3, -0.25) is 9.78 Å². The van der Waals surface area contributed by atoms with Crippen LogP contribution in [0.5, 0.6) is 0 Å². The smallest absolute Gasteiger partial charge is 0.220 e. The van der Waals surface area contributed by atoms with Crippen LogP contribution >= 0.6 is 0 Å². The number of piperidine rings is 1. The first kappa shape index (κ1) is 14.0. The average Bonchev–Trinajstić information content (AvgIpc) is 2.47. The third-order valence-electron chi connectivity index (χ3n) is 3.91. The highest BCUT2D eigenvalue weighted by atomic mass is 16.1. The molecule has 2 heterocycles. The summed E-state index contributed by atoms with van der Waals surface area (Å²) in [5.41, 5.74) is 1.05. The Morgan fingerprint density at radius 3 is 3.00 bits per heavy atom. The van der Waals surface area contributed by atoms with Gasteiger partial charge in [0.2, 0.25) is 5.91 Å². The Kier molecular flexibility index (Phi) is 5.33. The number of carbonyl (C=O) groups is 1. The van der Waals surface area contributed by atoms with Crippen LogP contribution in [0, 0.1) is 11.8 Å². The molecule has 4 nitrogen and oxygen atoms in total. The Hall–Kier alpha value is -1.42. The third-order valence-corrected chi connectivity index (χ3v) is 3.91. The number of rotatable bonds is 5. The van der Waals surface area contributed by atoms with Crippen LogP contribution < -0.4 is 10.6 Å². The quantitative estimate of drug-likeness (QED) is 0.848. The Labute approximate surface area is 115 Å². The molecule has 2 rings (SSSR count). The van der Waals surface area contributed by atoms with Gasteiger partial charge in [0.25, 0.3) is 0 Å². The summed E-state index contributed by atoms with van der Waals surface area (Å²) in [4.78, 5) is 16.0. The van der Waals surface area contributed by atoms with E-state index in [1.54, 1.807) is 12.4 Å². The Morgan fingerprint density at radius 2 is 2.32 bits per heavy atom. The van der Waals surface area contributed by atoms with Gasteiger partial charge in [-0.05, 0) is 49.4 Å². The molecule has 1 unspecified atom stereocenters. The fourth-order valence-corrected chi connectivity index (χ4v) is 2.65. The number of nitrogens with zero attached hydrogens (tertiary/aromatic N) is 1. The second-order valence-corrected chi connectivity index (χ2v) is 5.41. The largest absolute Gasteiger partial charge is 0.352 e. The highest BCUT2D eigenvalue weighted by Gasteiger charge is 2.21. The van der Waals surface area contributed by atoms with E-state index < -0.39 is 0 Å². The van der Waals surface area contributed by atoms with Gasteiger partial charge in [0, 0.05) is 25.4 Å². The van der Waals surface area contributed by atoms with Gasteiger partial charge in [0.1, 0.15) is 0 Å². The Morgan fingerprint density at radius 1 is 1.53 bits per heavy atom. The van der Waals surface area contributed by atoms with Crippen molar-refractivity contribution in [1.29, 1.82) is 0 Å². The molecule has 0 radical (unpaired) electrons. The van der Waals surface area contributed by atoms with Crippen LogP contribution in [0.15, 0.2) is 24.5 Å². The number of aromatic nitrogens is 1. The molecule has 1 saturated heterocycles. The molecule has 0 aliphatic carbocycles. The third kappa shape index (κ3) is 4.63. The first-order chi connectivity index (χ1) is 9.25. The standard InChI is InChI=1S/C15H23N3O/c1-12(14-4-7-16-8-5-14)9-15(19)18-11-13-3-2-6-17-10-13/h2-3,6,10,12,14,16H,4-5,7-9,11H2,1H3,(H,18,19). The fraction of sp³-hybridized carbons (Fsp3) is 0.600. The molecule has 1 aromatic heterocycles. The van der Waals surface area contributed by atoms with Crippen LogP contribution in [0.2, 0.25) is 0 Å². The number of hydrogen-bond donors (Lipinski definition) is 2. The summed E-state index contributed by atoms with van der Waals surface area (Å²) in [6.45, 7) is 4.95. The molecule has 4 heteroatoms. The molecule has 0 bridgehead atoms. The van der Waals surface area contributed by atoms with E-state index in [9.17, 15) is 4.79 Å². The predicted molar refractivity (Wildman–Crippen MR) is 75.5 cm³/mol. The van der Waals surface area contributed by atoms with E-state index in [1.165, 1.54) is 12.8 Å². The molecule has 0 aromatic carbocycles. The molecule has 1 atom stereocenters. The van der Waals surface area contributed by atoms with E-state index in [-0.39, 0.29) is 5.91 Å². The van der Waals surface area contributed by atoms with E-state index in [1.807, 2.05) is 12.1 Å². The maximum absolute atomic E-state index is 11.9. The van der Waals surface area contributed by atoms with Gasteiger partial charge in [-0.1, -0.05) is 13.0 Å². The van der Waals surface area contributed by atoms with Gasteiger partial charge in [-0.15, -0.1) is 0 Å². The van der Waals surface area contributed by atoms with Gasteiger partial charge >= 0.3 is 0 Å². The summed E-state index contributed by atoms with van der Waals surface area (Å²) < 4.78 is 0. The summed E-state index contributed by atoms with van der Waals surface area (Å²) >= 11 is 0. The minimum Gasteiger partial charge on any atom is -0.352 e. The van der Waals surface area contributed by atoms with Gasteiger partial charge in [0.05, 0.1) is 0 Å². The average molecular weight is 261 g/mol. The van der Waals surface area contributed by atoms with Crippen molar-refractivity contribution in [3.8, 4) is 0 Å². The molecule has 0 spiro atoms. The molecule has 19 heavy (non-hydrogen) atoms. The van der Waals surface area contributed by atoms with Crippen LogP contribution in [0.1, 0.15) is 31.7 Å². The highest BCUT2D eigenvalue weighted by molar-refractivity contribution is 5.76. The van der Waals surface area contributed by atoms with Crippen molar-refractivity contribution in [3.05, 3.63) is 30.1 Å². The minimum absolute atomic E-state index is 0.148. The molecule has 0 saturated carbocycles. The molecule has 1 aliphatic heterocycles. The highest BCUT2D eigenvalue weighted by Crippen LogP contribution is 2.24. The van der Waals surface area contributed by atoms with Crippen LogP contribution in [0.25, 0.3) is 0 Å². The maximum atomic E-state index is 11.9. The van der Waals surface area contributed by atoms with E-state index in [2.05, 4.69) is 22.5 Å². The zero-order valence-corrected chi connectivity index (χ0v) is 11.6. The van der Waals surface area contributed by atoms with Gasteiger partial charge < -0.3 is 10.6 Å². The van der Waals surface area contributed by atoms with Crippen molar-refractivity contribution in [2.45, 2.75) is 32.7 Å². The summed E-state index contributed by atoms with van der Waals surface area (Å²) in [7, 11) is 0. The van der Waals surface area contributed by atoms with Crippen LogP contribution in [-0.4, -0.2) is 24.0 Å². The van der Waals surface area contributed by atoms with E-state index in [0.717, 1.165) is 18.7 Å². The minimum atomic E-state index is 0.148. The molecule has 1 aromatic rings. The zero-order chi connectivity index (χ0) is 13.5. The van der Waals surface area contributed by atoms with Crippen molar-refractivity contribution in [2.75, 3.05) is 13.1 Å². The molecule has 104 valence electrons. The maximum Gasteiger partial charge on any atom is 0.220 e. The predicted octanol–water partition coefficient (Wildman–Crippen LogP) is 1.72. The van der Waals surface area contributed by atoms with Gasteiger partial charge in [0.15, 0.2) is 0 Å². The Balaban J connectivity index is 1.71. The molecule has 2 N–H and O–H groups in total. The molecular formula is C15H23N3O. The summed E-state index contributed by atoms with van der Waals surface area (Å²) in [6, 6.07) is 3.86. The normalized spacial score (nSPS) is 17.9. The topological polar surface area (TPSA) is 54.0 Å². The number of hydrogen-bond acceptors (Lipinski definition) is 3. The van der Waals surface area contributed by atoms with Crippen molar-refractivity contribution < 1.29 is 4.79 Å². The molecule has 1 fully saturated rings. The summed E-state index contributed by atoms with van der Waals surface area (Å²) in [5.74, 6) is 1.30. The number of pyridine rings is 1. The van der Waals surface area contributed by atoms with E-state index >= 15 is 0 Å². The first-order valence-electron chi connectivity index (χ1n) is 7.12. The van der Waals surface area contributed by atoms with Crippen molar-refractivity contribution in [2.24, 2.45) is 11.8 Å². The monoisotopic (exact) mass is 261 g/mol. The van der Waals surface area contributed by atoms with Crippen molar-refractivity contribution in [1.82, 2.24) is 15.6 Å².